The molecule has 0 radical (unpaired) electrons. The van der Waals surface area contributed by atoms with Crippen LogP contribution >= 0.6 is 11.3 Å². The number of nitrogens with zero attached hydrogens (tertiary/aromatic N) is 2. The van der Waals surface area contributed by atoms with Gasteiger partial charge in [-0.3, -0.25) is 4.79 Å². The van der Waals surface area contributed by atoms with Crippen molar-refractivity contribution in [3.63, 3.8) is 0 Å². The van der Waals surface area contributed by atoms with E-state index in [1.165, 1.54) is 6.42 Å². The van der Waals surface area contributed by atoms with Gasteiger partial charge in [-0.05, 0) is 42.7 Å². The van der Waals surface area contributed by atoms with Crippen molar-refractivity contribution in [1.29, 1.82) is 0 Å². The molecule has 2 aromatic rings. The number of hydrogen-bond donors (Lipinski definition) is 1. The van der Waals surface area contributed by atoms with E-state index in [2.05, 4.69) is 10.3 Å². The molecule has 0 atom stereocenters. The van der Waals surface area contributed by atoms with E-state index in [0.29, 0.717) is 17.7 Å². The first-order valence-electron chi connectivity index (χ1n) is 8.21. The Labute approximate surface area is 139 Å². The summed E-state index contributed by atoms with van der Waals surface area (Å²) in [6, 6.07) is 3.94. The van der Waals surface area contributed by atoms with Crippen molar-refractivity contribution in [2.75, 3.05) is 26.2 Å². The van der Waals surface area contributed by atoms with Crippen molar-refractivity contribution in [3.05, 3.63) is 29.5 Å². The van der Waals surface area contributed by atoms with Gasteiger partial charge in [-0.15, -0.1) is 11.3 Å². The lowest BCUT2D eigenvalue weighted by molar-refractivity contribution is -0.132. The molecule has 1 N–H and O–H groups in total. The number of carbonyl (C=O) groups excluding carboxylic acids is 1. The Morgan fingerprint density at radius 2 is 2.26 bits per heavy atom. The number of carbonyl (C=O) groups is 1. The van der Waals surface area contributed by atoms with E-state index in [9.17, 15) is 4.79 Å². The molecule has 1 spiro atoms. The van der Waals surface area contributed by atoms with Gasteiger partial charge in [0.05, 0.1) is 17.0 Å². The summed E-state index contributed by atoms with van der Waals surface area (Å²) in [4.78, 5) is 19.9. The van der Waals surface area contributed by atoms with Crippen LogP contribution in [0.1, 0.15) is 25.0 Å². The largest absolute Gasteiger partial charge is 0.444 e. The third-order valence-electron chi connectivity index (χ3n) is 5.12. The Kier molecular flexibility index (Phi) is 3.95. The molecule has 2 saturated heterocycles. The molecule has 2 aliphatic heterocycles. The van der Waals surface area contributed by atoms with Gasteiger partial charge in [0.2, 0.25) is 11.8 Å². The Balaban J connectivity index is 1.35. The predicted molar refractivity (Wildman–Crippen MR) is 89.3 cm³/mol. The van der Waals surface area contributed by atoms with Crippen molar-refractivity contribution in [2.45, 2.75) is 25.7 Å². The molecule has 1 amide bonds. The maximum absolute atomic E-state index is 12.5. The number of thiophene rings is 1. The number of likely N-dealkylation sites (tertiary alicyclic amines) is 1. The second-order valence-corrected chi connectivity index (χ2v) is 7.55. The van der Waals surface area contributed by atoms with Crippen LogP contribution in [0.15, 0.2) is 28.2 Å². The zero-order valence-electron chi connectivity index (χ0n) is 13.1. The van der Waals surface area contributed by atoms with Gasteiger partial charge in [0.25, 0.3) is 0 Å². The second-order valence-electron chi connectivity index (χ2n) is 6.61. The first-order chi connectivity index (χ1) is 11.2. The summed E-state index contributed by atoms with van der Waals surface area (Å²) < 4.78 is 5.49. The van der Waals surface area contributed by atoms with E-state index in [-0.39, 0.29) is 5.91 Å². The molecule has 0 aromatic carbocycles. The summed E-state index contributed by atoms with van der Waals surface area (Å²) in [6.45, 7) is 3.98. The van der Waals surface area contributed by atoms with Crippen molar-refractivity contribution < 1.29 is 9.21 Å². The maximum Gasteiger partial charge on any atom is 0.236 e. The zero-order chi connectivity index (χ0) is 15.7. The minimum absolute atomic E-state index is 0.164. The number of piperidine rings is 1. The van der Waals surface area contributed by atoms with Crippen LogP contribution in [0.5, 0.6) is 0 Å². The second kappa shape index (κ2) is 6.09. The van der Waals surface area contributed by atoms with Crippen LogP contribution in [0.4, 0.5) is 0 Å². The Bertz CT molecular complexity index is 664. The monoisotopic (exact) mass is 331 g/mol. The highest BCUT2D eigenvalue weighted by molar-refractivity contribution is 7.13. The minimum Gasteiger partial charge on any atom is -0.444 e. The number of hydrogen-bond acceptors (Lipinski definition) is 5. The van der Waals surface area contributed by atoms with Crippen molar-refractivity contribution >= 4 is 17.2 Å². The van der Waals surface area contributed by atoms with Crippen molar-refractivity contribution in [3.8, 4) is 10.8 Å². The summed E-state index contributed by atoms with van der Waals surface area (Å²) in [5.74, 6) is 0.772. The number of amides is 1. The van der Waals surface area contributed by atoms with Gasteiger partial charge in [0.15, 0.2) is 0 Å². The summed E-state index contributed by atoms with van der Waals surface area (Å²) in [5.41, 5.74) is 1.16. The van der Waals surface area contributed by atoms with E-state index in [1.807, 2.05) is 22.4 Å². The Hall–Kier alpha value is -1.66. The highest BCUT2D eigenvalue weighted by atomic mass is 32.1. The SMILES string of the molecule is O=C(Cc1coc(-c2cccs2)n1)N1CCC2(CCNC2)CC1. The molecule has 0 bridgehead atoms. The Morgan fingerprint density at radius 3 is 2.96 bits per heavy atom. The van der Waals surface area contributed by atoms with Gasteiger partial charge >= 0.3 is 0 Å². The molecule has 0 saturated carbocycles. The lowest BCUT2D eigenvalue weighted by Crippen LogP contribution is -2.44. The van der Waals surface area contributed by atoms with E-state index in [4.69, 9.17) is 4.42 Å². The minimum atomic E-state index is 0.164. The van der Waals surface area contributed by atoms with Crippen molar-refractivity contribution in [1.82, 2.24) is 15.2 Å². The molecule has 0 unspecified atom stereocenters. The molecule has 0 aliphatic carbocycles. The van der Waals surface area contributed by atoms with Crippen LogP contribution in [0.2, 0.25) is 0 Å². The molecule has 4 rings (SSSR count). The highest BCUT2D eigenvalue weighted by Crippen LogP contribution is 2.37. The van der Waals surface area contributed by atoms with E-state index in [1.54, 1.807) is 17.6 Å². The normalized spacial score (nSPS) is 20.3. The molecule has 4 heterocycles. The lowest BCUT2D eigenvalue weighted by Gasteiger charge is -2.38. The fourth-order valence-electron chi connectivity index (χ4n) is 3.62. The number of rotatable bonds is 3. The van der Waals surface area contributed by atoms with Crippen molar-refractivity contribution in [2.24, 2.45) is 5.41 Å². The average Bonchev–Trinajstić information content (AvgIpc) is 3.29. The van der Waals surface area contributed by atoms with E-state index in [0.717, 1.165) is 49.6 Å². The molecule has 2 aromatic heterocycles. The quantitative estimate of drug-likeness (QED) is 0.939. The van der Waals surface area contributed by atoms with E-state index < -0.39 is 0 Å². The molecular formula is C17H21N3O2S. The summed E-state index contributed by atoms with van der Waals surface area (Å²) in [6.07, 6.45) is 5.43. The molecule has 122 valence electrons. The van der Waals surface area contributed by atoms with Crippen LogP contribution in [0.3, 0.4) is 0 Å². The summed E-state index contributed by atoms with van der Waals surface area (Å²) in [7, 11) is 0. The fraction of sp³-hybridized carbons (Fsp3) is 0.529. The lowest BCUT2D eigenvalue weighted by atomic mass is 9.78. The smallest absolute Gasteiger partial charge is 0.236 e. The molecular weight excluding hydrogens is 310 g/mol. The molecule has 6 heteroatoms. The van der Waals surface area contributed by atoms with Crippen LogP contribution in [0, 0.1) is 5.41 Å². The topological polar surface area (TPSA) is 58.4 Å². The van der Waals surface area contributed by atoms with Crippen LogP contribution in [-0.4, -0.2) is 42.0 Å². The number of nitrogens with one attached hydrogen (secondary N) is 1. The first kappa shape index (κ1) is 14.9. The van der Waals surface area contributed by atoms with Gasteiger partial charge < -0.3 is 14.6 Å². The fourth-order valence-corrected chi connectivity index (χ4v) is 4.28. The van der Waals surface area contributed by atoms with Crippen LogP contribution < -0.4 is 5.32 Å². The number of oxazole rings is 1. The summed E-state index contributed by atoms with van der Waals surface area (Å²) in [5, 5.41) is 5.45. The third kappa shape index (κ3) is 3.05. The van der Waals surface area contributed by atoms with Crippen LogP contribution in [-0.2, 0) is 11.2 Å². The maximum atomic E-state index is 12.5. The molecule has 5 nitrogen and oxygen atoms in total. The highest BCUT2D eigenvalue weighted by Gasteiger charge is 2.38. The van der Waals surface area contributed by atoms with Crippen LogP contribution in [0.25, 0.3) is 10.8 Å². The van der Waals surface area contributed by atoms with Gasteiger partial charge in [0, 0.05) is 19.6 Å². The van der Waals surface area contributed by atoms with Gasteiger partial charge in [-0.1, -0.05) is 6.07 Å². The molecule has 23 heavy (non-hydrogen) atoms. The zero-order valence-corrected chi connectivity index (χ0v) is 13.9. The third-order valence-corrected chi connectivity index (χ3v) is 5.98. The standard InChI is InChI=1S/C17H21N3O2S/c21-15(20-7-4-17(5-8-20)3-6-18-12-17)10-13-11-22-16(19-13)14-2-1-9-23-14/h1-2,9,11,18H,3-8,10,12H2. The average molecular weight is 331 g/mol. The predicted octanol–water partition coefficient (Wildman–Crippen LogP) is 2.55. The van der Waals surface area contributed by atoms with E-state index >= 15 is 0 Å². The first-order valence-corrected chi connectivity index (χ1v) is 9.09. The summed E-state index contributed by atoms with van der Waals surface area (Å²) >= 11 is 1.59. The number of aromatic nitrogens is 1. The van der Waals surface area contributed by atoms with Gasteiger partial charge in [0.1, 0.15) is 6.26 Å². The Morgan fingerprint density at radius 1 is 1.39 bits per heavy atom. The van der Waals surface area contributed by atoms with Gasteiger partial charge in [-0.2, -0.15) is 0 Å². The van der Waals surface area contributed by atoms with Gasteiger partial charge in [-0.25, -0.2) is 4.98 Å². The molecule has 2 aliphatic rings. The molecule has 2 fully saturated rings.